The SMILES string of the molecule is COc1cccc(C(=O)N(c2ccc(C)c(C)c2)[C@H]2C=CS(=O)(=O)C2)c1. The molecule has 2 aromatic carbocycles. The zero-order valence-electron chi connectivity index (χ0n) is 15.0. The van der Waals surface area contributed by atoms with E-state index in [0.717, 1.165) is 11.1 Å². The lowest BCUT2D eigenvalue weighted by molar-refractivity contribution is 0.0983. The molecule has 1 atom stereocenters. The Kier molecular flexibility index (Phi) is 4.87. The lowest BCUT2D eigenvalue weighted by atomic mass is 10.1. The smallest absolute Gasteiger partial charge is 0.258 e. The van der Waals surface area contributed by atoms with E-state index >= 15 is 0 Å². The number of sulfone groups is 1. The van der Waals surface area contributed by atoms with Gasteiger partial charge in [0, 0.05) is 16.7 Å². The number of anilines is 1. The second-order valence-corrected chi connectivity index (χ2v) is 8.33. The summed E-state index contributed by atoms with van der Waals surface area (Å²) in [6.07, 6.45) is 1.57. The molecule has 0 fully saturated rings. The number of carbonyl (C=O) groups is 1. The number of benzene rings is 2. The van der Waals surface area contributed by atoms with Gasteiger partial charge in [-0.3, -0.25) is 4.79 Å². The third kappa shape index (κ3) is 3.65. The van der Waals surface area contributed by atoms with Gasteiger partial charge in [0.2, 0.25) is 0 Å². The largest absolute Gasteiger partial charge is 0.497 e. The van der Waals surface area contributed by atoms with Crippen molar-refractivity contribution in [2.45, 2.75) is 19.9 Å². The lowest BCUT2D eigenvalue weighted by Gasteiger charge is -2.28. The zero-order chi connectivity index (χ0) is 18.9. The molecule has 0 aromatic heterocycles. The minimum Gasteiger partial charge on any atom is -0.497 e. The van der Waals surface area contributed by atoms with Crippen LogP contribution in [0.3, 0.4) is 0 Å². The molecule has 0 saturated heterocycles. The van der Waals surface area contributed by atoms with E-state index in [1.807, 2.05) is 32.0 Å². The zero-order valence-corrected chi connectivity index (χ0v) is 15.8. The van der Waals surface area contributed by atoms with Gasteiger partial charge in [-0.25, -0.2) is 8.42 Å². The molecule has 0 radical (unpaired) electrons. The van der Waals surface area contributed by atoms with Gasteiger partial charge in [-0.05, 0) is 61.4 Å². The van der Waals surface area contributed by atoms with Gasteiger partial charge >= 0.3 is 0 Å². The Hall–Kier alpha value is -2.60. The molecule has 3 rings (SSSR count). The molecule has 0 aliphatic carbocycles. The standard InChI is InChI=1S/C20H21NO4S/c1-14-7-8-17(11-15(14)2)21(18-9-10-26(23,24)13-18)20(22)16-5-4-6-19(12-16)25-3/h4-12,18H,13H2,1-3H3/t18-/m0/s1. The molecular weight excluding hydrogens is 350 g/mol. The Labute approximate surface area is 153 Å². The van der Waals surface area contributed by atoms with Crippen molar-refractivity contribution in [3.05, 3.63) is 70.6 Å². The van der Waals surface area contributed by atoms with E-state index in [0.29, 0.717) is 17.0 Å². The molecule has 26 heavy (non-hydrogen) atoms. The van der Waals surface area contributed by atoms with Crippen LogP contribution in [-0.2, 0) is 9.84 Å². The highest BCUT2D eigenvalue weighted by Crippen LogP contribution is 2.27. The molecule has 6 heteroatoms. The normalized spacial score (nSPS) is 17.9. The van der Waals surface area contributed by atoms with Crippen LogP contribution in [0.25, 0.3) is 0 Å². The predicted octanol–water partition coefficient (Wildman–Crippen LogP) is 3.27. The van der Waals surface area contributed by atoms with Crippen LogP contribution in [0.4, 0.5) is 5.69 Å². The second kappa shape index (κ2) is 6.96. The van der Waals surface area contributed by atoms with E-state index < -0.39 is 15.9 Å². The fraction of sp³-hybridized carbons (Fsp3) is 0.250. The van der Waals surface area contributed by atoms with E-state index in [-0.39, 0.29) is 11.7 Å². The van der Waals surface area contributed by atoms with Gasteiger partial charge in [0.15, 0.2) is 9.84 Å². The third-order valence-corrected chi connectivity index (χ3v) is 5.92. The van der Waals surface area contributed by atoms with Crippen LogP contribution >= 0.6 is 0 Å². The molecule has 0 saturated carbocycles. The number of nitrogens with zero attached hydrogens (tertiary/aromatic N) is 1. The maximum absolute atomic E-state index is 13.2. The second-order valence-electron chi connectivity index (χ2n) is 6.40. The number of hydrogen-bond acceptors (Lipinski definition) is 4. The van der Waals surface area contributed by atoms with Crippen molar-refractivity contribution in [2.75, 3.05) is 17.8 Å². The van der Waals surface area contributed by atoms with Crippen LogP contribution in [0, 0.1) is 13.8 Å². The first-order valence-corrected chi connectivity index (χ1v) is 9.98. The van der Waals surface area contributed by atoms with Crippen molar-refractivity contribution < 1.29 is 17.9 Å². The lowest BCUT2D eigenvalue weighted by Crippen LogP contribution is -2.41. The van der Waals surface area contributed by atoms with Gasteiger partial charge in [0.1, 0.15) is 5.75 Å². The van der Waals surface area contributed by atoms with Gasteiger partial charge in [-0.15, -0.1) is 0 Å². The van der Waals surface area contributed by atoms with Gasteiger partial charge in [0.25, 0.3) is 5.91 Å². The van der Waals surface area contributed by atoms with Crippen LogP contribution in [0.2, 0.25) is 0 Å². The monoisotopic (exact) mass is 371 g/mol. The van der Waals surface area contributed by atoms with Crippen LogP contribution < -0.4 is 9.64 Å². The van der Waals surface area contributed by atoms with Crippen LogP contribution in [0.15, 0.2) is 53.9 Å². The van der Waals surface area contributed by atoms with Gasteiger partial charge in [0.05, 0.1) is 18.9 Å². The van der Waals surface area contributed by atoms with Gasteiger partial charge in [-0.2, -0.15) is 0 Å². The fourth-order valence-corrected chi connectivity index (χ4v) is 4.22. The van der Waals surface area contributed by atoms with Crippen molar-refractivity contribution >= 4 is 21.4 Å². The Balaban J connectivity index is 2.06. The van der Waals surface area contributed by atoms with Crippen molar-refractivity contribution in [3.63, 3.8) is 0 Å². The highest BCUT2D eigenvalue weighted by Gasteiger charge is 2.32. The average molecular weight is 371 g/mol. The number of methoxy groups -OCH3 is 1. The van der Waals surface area contributed by atoms with E-state index in [9.17, 15) is 13.2 Å². The Morgan fingerprint density at radius 2 is 1.88 bits per heavy atom. The summed E-state index contributed by atoms with van der Waals surface area (Å²) in [6.45, 7) is 3.96. The minimum atomic E-state index is -3.29. The highest BCUT2D eigenvalue weighted by molar-refractivity contribution is 7.94. The molecule has 0 bridgehead atoms. The number of hydrogen-bond donors (Lipinski definition) is 0. The molecule has 0 spiro atoms. The molecule has 5 nitrogen and oxygen atoms in total. The topological polar surface area (TPSA) is 63.7 Å². The van der Waals surface area contributed by atoms with Gasteiger partial charge < -0.3 is 9.64 Å². The first kappa shape index (κ1) is 18.2. The Bertz CT molecular complexity index is 979. The van der Waals surface area contributed by atoms with E-state index in [1.165, 1.54) is 12.5 Å². The summed E-state index contributed by atoms with van der Waals surface area (Å²) in [5.74, 6) is 0.194. The summed E-state index contributed by atoms with van der Waals surface area (Å²) in [5.41, 5.74) is 3.26. The van der Waals surface area contributed by atoms with Crippen LogP contribution in [0.1, 0.15) is 21.5 Å². The molecule has 1 amide bonds. The minimum absolute atomic E-state index is 0.115. The number of amides is 1. The summed E-state index contributed by atoms with van der Waals surface area (Å²) < 4.78 is 29.0. The maximum Gasteiger partial charge on any atom is 0.258 e. The summed E-state index contributed by atoms with van der Waals surface area (Å²) in [6, 6.07) is 12.0. The summed E-state index contributed by atoms with van der Waals surface area (Å²) in [4.78, 5) is 14.8. The molecule has 0 N–H and O–H groups in total. The molecule has 1 aliphatic heterocycles. The van der Waals surface area contributed by atoms with Crippen molar-refractivity contribution in [2.24, 2.45) is 0 Å². The highest BCUT2D eigenvalue weighted by atomic mass is 32.2. The number of ether oxygens (including phenoxy) is 1. The van der Waals surface area contributed by atoms with Gasteiger partial charge in [-0.1, -0.05) is 12.1 Å². The van der Waals surface area contributed by atoms with E-state index in [2.05, 4.69) is 0 Å². The molecule has 136 valence electrons. The predicted molar refractivity (Wildman–Crippen MR) is 102 cm³/mol. The van der Waals surface area contributed by atoms with Crippen molar-refractivity contribution in [3.8, 4) is 5.75 Å². The Morgan fingerprint density at radius 1 is 1.12 bits per heavy atom. The molecule has 1 heterocycles. The summed E-state index contributed by atoms with van der Waals surface area (Å²) in [5, 5.41) is 1.19. The molecule has 2 aromatic rings. The number of carbonyl (C=O) groups excluding carboxylic acids is 1. The first-order valence-electron chi connectivity index (χ1n) is 8.26. The third-order valence-electron chi connectivity index (χ3n) is 4.55. The Morgan fingerprint density at radius 3 is 2.50 bits per heavy atom. The quantitative estimate of drug-likeness (QED) is 0.827. The van der Waals surface area contributed by atoms with E-state index in [4.69, 9.17) is 4.74 Å². The average Bonchev–Trinajstić information content (AvgIpc) is 2.97. The summed E-state index contributed by atoms with van der Waals surface area (Å²) >= 11 is 0. The first-order chi connectivity index (χ1) is 12.3. The van der Waals surface area contributed by atoms with E-state index in [1.54, 1.807) is 35.2 Å². The summed E-state index contributed by atoms with van der Waals surface area (Å²) in [7, 11) is -1.76. The molecular formula is C20H21NO4S. The van der Waals surface area contributed by atoms with Crippen LogP contribution in [0.5, 0.6) is 5.75 Å². The van der Waals surface area contributed by atoms with Crippen molar-refractivity contribution in [1.29, 1.82) is 0 Å². The molecule has 0 unspecified atom stereocenters. The van der Waals surface area contributed by atoms with Crippen molar-refractivity contribution in [1.82, 2.24) is 0 Å². The number of rotatable bonds is 4. The molecule has 1 aliphatic rings. The maximum atomic E-state index is 13.2. The van der Waals surface area contributed by atoms with Crippen LogP contribution in [-0.4, -0.2) is 33.2 Å². The fourth-order valence-electron chi connectivity index (χ4n) is 2.95. The number of aryl methyl sites for hydroxylation is 2.